The Hall–Kier alpha value is -3.32. The van der Waals surface area contributed by atoms with Crippen LogP contribution in [-0.2, 0) is 14.3 Å². The fourth-order valence-corrected chi connectivity index (χ4v) is 4.04. The van der Waals surface area contributed by atoms with Crippen molar-refractivity contribution < 1.29 is 23.5 Å². The molecule has 1 saturated heterocycles. The van der Waals surface area contributed by atoms with Gasteiger partial charge in [0.15, 0.2) is 6.61 Å². The lowest BCUT2D eigenvalue weighted by Crippen LogP contribution is -2.41. The molecule has 0 bridgehead atoms. The Morgan fingerprint density at radius 1 is 1.12 bits per heavy atom. The number of furan rings is 1. The Morgan fingerprint density at radius 3 is 2.52 bits per heavy atom. The van der Waals surface area contributed by atoms with Crippen LogP contribution in [0.1, 0.15) is 41.9 Å². The minimum Gasteiger partial charge on any atom is -0.459 e. The molecule has 0 saturated carbocycles. The van der Waals surface area contributed by atoms with Crippen molar-refractivity contribution in [3.8, 4) is 0 Å². The normalized spacial score (nSPS) is 15.3. The zero-order valence-electron chi connectivity index (χ0n) is 18.3. The van der Waals surface area contributed by atoms with E-state index in [4.69, 9.17) is 20.8 Å². The smallest absolute Gasteiger partial charge is 0.309 e. The summed E-state index contributed by atoms with van der Waals surface area (Å²) in [6.07, 6.45) is 0.990. The van der Waals surface area contributed by atoms with E-state index in [2.05, 4.69) is 5.32 Å². The molecule has 1 N–H and O–H groups in total. The first-order chi connectivity index (χ1) is 15.9. The maximum atomic E-state index is 12.6. The topological polar surface area (TPSA) is 88.9 Å². The molecule has 2 aromatic carbocycles. The number of benzene rings is 2. The molecule has 33 heavy (non-hydrogen) atoms. The number of carbonyl (C=O) groups is 3. The van der Waals surface area contributed by atoms with Crippen molar-refractivity contribution in [3.63, 3.8) is 0 Å². The number of ether oxygens (including phenoxy) is 1. The Labute approximate surface area is 196 Å². The fourth-order valence-electron chi connectivity index (χ4n) is 3.92. The van der Waals surface area contributed by atoms with E-state index in [1.165, 1.54) is 0 Å². The summed E-state index contributed by atoms with van der Waals surface area (Å²) in [5, 5.41) is 4.32. The summed E-state index contributed by atoms with van der Waals surface area (Å²) in [5.41, 5.74) is 1.32. The number of hydrogen-bond acceptors (Lipinski definition) is 5. The lowest BCUT2D eigenvalue weighted by atomic mass is 9.96. The van der Waals surface area contributed by atoms with Gasteiger partial charge in [0.2, 0.25) is 0 Å². The highest BCUT2D eigenvalue weighted by molar-refractivity contribution is 6.30. The lowest BCUT2D eigenvalue weighted by Gasteiger charge is -2.31. The number of nitrogens with one attached hydrogen (secondary N) is 1. The first kappa shape index (κ1) is 22.9. The molecule has 0 spiro atoms. The Morgan fingerprint density at radius 2 is 1.82 bits per heavy atom. The minimum atomic E-state index is -0.417. The number of rotatable bonds is 6. The van der Waals surface area contributed by atoms with Crippen LogP contribution < -0.4 is 5.32 Å². The van der Waals surface area contributed by atoms with Gasteiger partial charge >= 0.3 is 5.97 Å². The average Bonchev–Trinajstić information content (AvgIpc) is 3.27. The Kier molecular flexibility index (Phi) is 6.99. The van der Waals surface area contributed by atoms with Gasteiger partial charge in [0.1, 0.15) is 11.3 Å². The number of halogens is 1. The SMILES string of the molecule is C[C@@H](NC(=O)COC(=O)C1CCN(C(=O)c2ccc(Cl)cc2)CC1)c1cc2ccccc2o1. The van der Waals surface area contributed by atoms with Gasteiger partial charge in [-0.1, -0.05) is 29.8 Å². The van der Waals surface area contributed by atoms with Crippen LogP contribution >= 0.6 is 11.6 Å². The molecule has 1 fully saturated rings. The van der Waals surface area contributed by atoms with Crippen molar-refractivity contribution in [3.05, 3.63) is 70.9 Å². The minimum absolute atomic E-state index is 0.0857. The van der Waals surface area contributed by atoms with Crippen LogP contribution in [0.15, 0.2) is 59.0 Å². The molecule has 1 aromatic heterocycles. The second-order valence-corrected chi connectivity index (χ2v) is 8.59. The number of likely N-dealkylation sites (tertiary alicyclic amines) is 1. The number of hydrogen-bond donors (Lipinski definition) is 1. The highest BCUT2D eigenvalue weighted by Crippen LogP contribution is 2.24. The second kappa shape index (κ2) is 10.1. The monoisotopic (exact) mass is 468 g/mol. The largest absolute Gasteiger partial charge is 0.459 e. The number of piperidine rings is 1. The van der Waals surface area contributed by atoms with Crippen LogP contribution in [0.5, 0.6) is 0 Å². The highest BCUT2D eigenvalue weighted by atomic mass is 35.5. The van der Waals surface area contributed by atoms with Crippen LogP contribution in [0, 0.1) is 5.92 Å². The predicted octanol–water partition coefficient (Wildman–Crippen LogP) is 4.36. The Bertz CT molecular complexity index is 1120. The van der Waals surface area contributed by atoms with E-state index < -0.39 is 11.9 Å². The summed E-state index contributed by atoms with van der Waals surface area (Å²) in [5.74, 6) is -0.599. The van der Waals surface area contributed by atoms with Gasteiger partial charge in [0.25, 0.3) is 11.8 Å². The zero-order chi connectivity index (χ0) is 23.4. The van der Waals surface area contributed by atoms with Gasteiger partial charge in [0.05, 0.1) is 12.0 Å². The summed E-state index contributed by atoms with van der Waals surface area (Å²) in [7, 11) is 0. The van der Waals surface area contributed by atoms with E-state index >= 15 is 0 Å². The molecule has 4 rings (SSSR count). The molecule has 1 aliphatic rings. The van der Waals surface area contributed by atoms with Gasteiger partial charge < -0.3 is 19.4 Å². The lowest BCUT2D eigenvalue weighted by molar-refractivity contribution is -0.154. The molecule has 2 heterocycles. The van der Waals surface area contributed by atoms with E-state index in [9.17, 15) is 14.4 Å². The van der Waals surface area contributed by atoms with Gasteiger partial charge in [-0.3, -0.25) is 14.4 Å². The van der Waals surface area contributed by atoms with Crippen LogP contribution in [0.3, 0.4) is 0 Å². The van der Waals surface area contributed by atoms with Gasteiger partial charge in [-0.05, 0) is 56.2 Å². The van der Waals surface area contributed by atoms with Gasteiger partial charge in [0, 0.05) is 29.1 Å². The van der Waals surface area contributed by atoms with Crippen LogP contribution in [0.4, 0.5) is 0 Å². The van der Waals surface area contributed by atoms with E-state index in [0.717, 1.165) is 11.0 Å². The van der Waals surface area contributed by atoms with Crippen molar-refractivity contribution in [1.82, 2.24) is 10.2 Å². The summed E-state index contributed by atoms with van der Waals surface area (Å²) < 4.78 is 11.0. The number of fused-ring (bicyclic) bond motifs is 1. The average molecular weight is 469 g/mol. The maximum Gasteiger partial charge on any atom is 0.309 e. The van der Waals surface area contributed by atoms with Crippen molar-refractivity contribution in [2.45, 2.75) is 25.8 Å². The van der Waals surface area contributed by atoms with Gasteiger partial charge in [-0.2, -0.15) is 0 Å². The first-order valence-corrected chi connectivity index (χ1v) is 11.3. The number of esters is 1. The predicted molar refractivity (Wildman–Crippen MR) is 124 cm³/mol. The molecule has 0 aliphatic carbocycles. The molecule has 0 radical (unpaired) electrons. The number of carbonyl (C=O) groups excluding carboxylic acids is 3. The van der Waals surface area contributed by atoms with Crippen molar-refractivity contribution in [1.29, 1.82) is 0 Å². The molecule has 3 aromatic rings. The molecule has 2 amide bonds. The second-order valence-electron chi connectivity index (χ2n) is 8.16. The third-order valence-corrected chi connectivity index (χ3v) is 6.05. The van der Waals surface area contributed by atoms with Gasteiger partial charge in [-0.25, -0.2) is 0 Å². The highest BCUT2D eigenvalue weighted by Gasteiger charge is 2.29. The van der Waals surface area contributed by atoms with Gasteiger partial charge in [-0.15, -0.1) is 0 Å². The molecular formula is C25H25ClN2O5. The molecule has 172 valence electrons. The third-order valence-electron chi connectivity index (χ3n) is 5.80. The van der Waals surface area contributed by atoms with Crippen molar-refractivity contribution in [2.24, 2.45) is 5.92 Å². The third kappa shape index (κ3) is 5.54. The molecule has 1 atom stereocenters. The maximum absolute atomic E-state index is 12.6. The molecule has 7 nitrogen and oxygen atoms in total. The summed E-state index contributed by atoms with van der Waals surface area (Å²) in [6, 6.07) is 15.9. The number of nitrogens with zero attached hydrogens (tertiary/aromatic N) is 1. The van der Waals surface area contributed by atoms with Crippen LogP contribution in [-0.4, -0.2) is 42.4 Å². The Balaban J connectivity index is 1.21. The van der Waals surface area contributed by atoms with Crippen molar-refractivity contribution >= 4 is 40.4 Å². The molecular weight excluding hydrogens is 444 g/mol. The number of amides is 2. The van der Waals surface area contributed by atoms with Crippen LogP contribution in [0.25, 0.3) is 11.0 Å². The zero-order valence-corrected chi connectivity index (χ0v) is 19.0. The molecule has 0 unspecified atom stereocenters. The summed E-state index contributed by atoms with van der Waals surface area (Å²) in [4.78, 5) is 39.0. The van der Waals surface area contributed by atoms with E-state index in [1.54, 1.807) is 29.2 Å². The van der Waals surface area contributed by atoms with Crippen molar-refractivity contribution in [2.75, 3.05) is 19.7 Å². The first-order valence-electron chi connectivity index (χ1n) is 10.9. The standard InChI is InChI=1S/C25H25ClN2O5/c1-16(22-14-19-4-2-3-5-21(19)33-22)27-23(29)15-32-25(31)18-10-12-28(13-11-18)24(30)17-6-8-20(26)9-7-17/h2-9,14,16,18H,10-13,15H2,1H3,(H,27,29)/t16-/m1/s1. The fraction of sp³-hybridized carbons (Fsp3) is 0.320. The summed E-state index contributed by atoms with van der Waals surface area (Å²) >= 11 is 5.87. The molecule has 8 heteroatoms. The quantitative estimate of drug-likeness (QED) is 0.543. The molecule has 1 aliphatic heterocycles. The summed E-state index contributed by atoms with van der Waals surface area (Å²) in [6.45, 7) is 2.37. The van der Waals surface area contributed by atoms with Crippen LogP contribution in [0.2, 0.25) is 5.02 Å². The van der Waals surface area contributed by atoms with E-state index in [1.807, 2.05) is 37.3 Å². The van der Waals surface area contributed by atoms with E-state index in [0.29, 0.717) is 42.3 Å². The van der Waals surface area contributed by atoms with E-state index in [-0.39, 0.29) is 24.5 Å². The number of para-hydroxylation sites is 1.